The number of aryl methyl sites for hydroxylation is 1. The number of carbonyl (C=O) groups excluding carboxylic acids is 1. The molecule has 0 saturated carbocycles. The average Bonchev–Trinajstić information content (AvgIpc) is 2.84. The first-order valence-corrected chi connectivity index (χ1v) is 6.71. The van der Waals surface area contributed by atoms with Gasteiger partial charge in [-0.3, -0.25) is 4.79 Å². The summed E-state index contributed by atoms with van der Waals surface area (Å²) in [6.07, 6.45) is -0.436. The van der Waals surface area contributed by atoms with Gasteiger partial charge in [-0.15, -0.1) is 11.3 Å². The van der Waals surface area contributed by atoms with Gasteiger partial charge in [-0.2, -0.15) is 0 Å². The van der Waals surface area contributed by atoms with Crippen LogP contribution < -0.4 is 10.1 Å². The molecule has 2 heterocycles. The summed E-state index contributed by atoms with van der Waals surface area (Å²) in [4.78, 5) is 13.4. The minimum absolute atomic E-state index is 0.0429. The van der Waals surface area contributed by atoms with Crippen LogP contribution in [0.5, 0.6) is 5.75 Å². The molecule has 3 nitrogen and oxygen atoms in total. The van der Waals surface area contributed by atoms with E-state index in [0.29, 0.717) is 6.54 Å². The van der Waals surface area contributed by atoms with Crippen LogP contribution in [0, 0.1) is 6.92 Å². The molecule has 0 radical (unpaired) electrons. The van der Waals surface area contributed by atoms with Crippen molar-refractivity contribution >= 4 is 22.8 Å². The van der Waals surface area contributed by atoms with Crippen molar-refractivity contribution in [1.82, 2.24) is 0 Å². The predicted octanol–water partition coefficient (Wildman–Crippen LogP) is 3.11. The van der Waals surface area contributed by atoms with Crippen molar-refractivity contribution in [3.05, 3.63) is 46.2 Å². The molecule has 1 aromatic carbocycles. The van der Waals surface area contributed by atoms with E-state index in [-0.39, 0.29) is 5.78 Å². The number of hydrogen-bond acceptors (Lipinski definition) is 4. The maximum atomic E-state index is 12.3. The van der Waals surface area contributed by atoms with Crippen LogP contribution in [0.25, 0.3) is 0 Å². The summed E-state index contributed by atoms with van der Waals surface area (Å²) in [5.41, 5.74) is 1.69. The molecule has 1 aliphatic heterocycles. The fourth-order valence-corrected chi connectivity index (χ4v) is 2.71. The van der Waals surface area contributed by atoms with E-state index in [4.69, 9.17) is 4.74 Å². The molecule has 4 heteroatoms. The van der Waals surface area contributed by atoms with E-state index in [2.05, 4.69) is 5.32 Å². The highest BCUT2D eigenvalue weighted by Crippen LogP contribution is 2.29. The number of benzene rings is 1. The largest absolute Gasteiger partial charge is 0.478 e. The number of carbonyl (C=O) groups is 1. The van der Waals surface area contributed by atoms with Gasteiger partial charge in [0.1, 0.15) is 5.75 Å². The summed E-state index contributed by atoms with van der Waals surface area (Å²) in [7, 11) is 0. The number of fused-ring (bicyclic) bond motifs is 1. The van der Waals surface area contributed by atoms with Gasteiger partial charge in [-0.05, 0) is 25.1 Å². The van der Waals surface area contributed by atoms with Crippen molar-refractivity contribution in [2.75, 3.05) is 11.9 Å². The Kier molecular flexibility index (Phi) is 2.80. The molecule has 0 bridgehead atoms. The van der Waals surface area contributed by atoms with Crippen LogP contribution in [0.3, 0.4) is 0 Å². The molecule has 1 atom stereocenters. The fraction of sp³-hybridized carbons (Fsp3) is 0.214. The Balaban J connectivity index is 1.82. The van der Waals surface area contributed by atoms with Crippen LogP contribution in [0.1, 0.15) is 15.2 Å². The van der Waals surface area contributed by atoms with E-state index in [1.807, 2.05) is 42.6 Å². The summed E-state index contributed by atoms with van der Waals surface area (Å²) < 4.78 is 5.75. The summed E-state index contributed by atoms with van der Waals surface area (Å²) in [5, 5.41) is 5.12. The van der Waals surface area contributed by atoms with Crippen LogP contribution in [0.15, 0.2) is 35.7 Å². The zero-order valence-corrected chi connectivity index (χ0v) is 10.8. The lowest BCUT2D eigenvalue weighted by Gasteiger charge is -2.26. The van der Waals surface area contributed by atoms with Crippen LogP contribution in [-0.4, -0.2) is 18.4 Å². The molecule has 1 unspecified atom stereocenters. The van der Waals surface area contributed by atoms with Gasteiger partial charge in [0.15, 0.2) is 6.10 Å². The zero-order chi connectivity index (χ0) is 12.5. The number of para-hydroxylation sites is 2. The third kappa shape index (κ3) is 1.99. The molecule has 1 aromatic heterocycles. The second-order valence-corrected chi connectivity index (χ2v) is 5.41. The van der Waals surface area contributed by atoms with E-state index >= 15 is 0 Å². The van der Waals surface area contributed by atoms with Crippen molar-refractivity contribution in [3.63, 3.8) is 0 Å². The molecule has 2 aromatic rings. The van der Waals surface area contributed by atoms with E-state index in [1.165, 1.54) is 0 Å². The van der Waals surface area contributed by atoms with Gasteiger partial charge in [0.2, 0.25) is 5.78 Å². The minimum atomic E-state index is -0.436. The molecule has 18 heavy (non-hydrogen) atoms. The van der Waals surface area contributed by atoms with E-state index in [0.717, 1.165) is 21.9 Å². The number of ketones is 1. The van der Waals surface area contributed by atoms with Crippen molar-refractivity contribution in [1.29, 1.82) is 0 Å². The molecule has 0 amide bonds. The molecule has 3 rings (SSSR count). The first-order chi connectivity index (χ1) is 8.74. The summed E-state index contributed by atoms with van der Waals surface area (Å²) in [6, 6.07) is 9.59. The lowest BCUT2D eigenvalue weighted by molar-refractivity contribution is 0.0802. The smallest absolute Gasteiger partial charge is 0.205 e. The number of Topliss-reactive ketones (excluding diaryl/α,β-unsaturated/α-hetero) is 1. The Labute approximate surface area is 109 Å². The molecule has 0 fully saturated rings. The van der Waals surface area contributed by atoms with Crippen molar-refractivity contribution < 1.29 is 9.53 Å². The maximum Gasteiger partial charge on any atom is 0.205 e. The first kappa shape index (κ1) is 11.3. The van der Waals surface area contributed by atoms with Crippen molar-refractivity contribution in [2.45, 2.75) is 13.0 Å². The molecular weight excluding hydrogens is 246 g/mol. The summed E-state index contributed by atoms with van der Waals surface area (Å²) in [6.45, 7) is 2.52. The Hall–Kier alpha value is -1.81. The van der Waals surface area contributed by atoms with Gasteiger partial charge in [0.05, 0.1) is 12.2 Å². The predicted molar refractivity (Wildman–Crippen MR) is 72.7 cm³/mol. The van der Waals surface area contributed by atoms with Crippen LogP contribution in [0.2, 0.25) is 0 Å². The van der Waals surface area contributed by atoms with Gasteiger partial charge in [0, 0.05) is 15.8 Å². The van der Waals surface area contributed by atoms with Crippen LogP contribution >= 0.6 is 11.3 Å². The second-order valence-electron chi connectivity index (χ2n) is 4.29. The van der Waals surface area contributed by atoms with Crippen LogP contribution in [-0.2, 0) is 0 Å². The summed E-state index contributed by atoms with van der Waals surface area (Å²) in [5.74, 6) is 0.787. The highest BCUT2D eigenvalue weighted by atomic mass is 32.1. The van der Waals surface area contributed by atoms with Gasteiger partial charge in [0.25, 0.3) is 0 Å². The quantitative estimate of drug-likeness (QED) is 0.842. The van der Waals surface area contributed by atoms with Crippen LogP contribution in [0.4, 0.5) is 5.69 Å². The lowest BCUT2D eigenvalue weighted by atomic mass is 10.1. The zero-order valence-electron chi connectivity index (χ0n) is 9.97. The Bertz CT molecular complexity index is 591. The number of thiophene rings is 1. The van der Waals surface area contributed by atoms with Gasteiger partial charge in [-0.1, -0.05) is 12.1 Å². The van der Waals surface area contributed by atoms with Gasteiger partial charge >= 0.3 is 0 Å². The van der Waals surface area contributed by atoms with Gasteiger partial charge in [-0.25, -0.2) is 0 Å². The van der Waals surface area contributed by atoms with Gasteiger partial charge < -0.3 is 10.1 Å². The SMILES string of the molecule is Cc1cc(C(=O)C2CNc3ccccc3O2)cs1. The number of hydrogen-bond donors (Lipinski definition) is 1. The molecule has 1 N–H and O–H groups in total. The van der Waals surface area contributed by atoms with Crippen molar-refractivity contribution in [3.8, 4) is 5.75 Å². The Morgan fingerprint density at radius 1 is 1.44 bits per heavy atom. The topological polar surface area (TPSA) is 38.3 Å². The second kappa shape index (κ2) is 4.46. The van der Waals surface area contributed by atoms with E-state index in [9.17, 15) is 4.79 Å². The Morgan fingerprint density at radius 3 is 3.06 bits per heavy atom. The monoisotopic (exact) mass is 259 g/mol. The highest BCUT2D eigenvalue weighted by molar-refractivity contribution is 7.10. The number of nitrogens with one attached hydrogen (secondary N) is 1. The molecular formula is C14H13NO2S. The normalized spacial score (nSPS) is 17.5. The number of ether oxygens (including phenoxy) is 1. The molecule has 92 valence electrons. The summed E-state index contributed by atoms with van der Waals surface area (Å²) >= 11 is 1.59. The fourth-order valence-electron chi connectivity index (χ4n) is 2.02. The third-order valence-electron chi connectivity index (χ3n) is 2.94. The molecule has 0 saturated heterocycles. The average molecular weight is 259 g/mol. The Morgan fingerprint density at radius 2 is 2.28 bits per heavy atom. The molecule has 0 spiro atoms. The maximum absolute atomic E-state index is 12.3. The lowest BCUT2D eigenvalue weighted by Crippen LogP contribution is -2.37. The van der Waals surface area contributed by atoms with Crippen molar-refractivity contribution in [2.24, 2.45) is 0 Å². The van der Waals surface area contributed by atoms with E-state index in [1.54, 1.807) is 11.3 Å². The minimum Gasteiger partial charge on any atom is -0.478 e. The third-order valence-corrected chi connectivity index (χ3v) is 3.80. The molecule has 0 aliphatic carbocycles. The first-order valence-electron chi connectivity index (χ1n) is 5.83. The number of anilines is 1. The van der Waals surface area contributed by atoms with E-state index < -0.39 is 6.10 Å². The number of rotatable bonds is 2. The highest BCUT2D eigenvalue weighted by Gasteiger charge is 2.26. The standard InChI is InChI=1S/C14H13NO2S/c1-9-6-10(8-18-9)14(16)13-7-15-11-4-2-3-5-12(11)17-13/h2-6,8,13,15H,7H2,1H3. The molecule has 1 aliphatic rings.